The van der Waals surface area contributed by atoms with Crippen LogP contribution in [0.5, 0.6) is 5.75 Å². The van der Waals surface area contributed by atoms with Crippen molar-refractivity contribution in [2.75, 3.05) is 19.7 Å². The lowest BCUT2D eigenvalue weighted by Gasteiger charge is -2.31. The number of amides is 1. The molecule has 1 aliphatic heterocycles. The zero-order valence-corrected chi connectivity index (χ0v) is 16.4. The van der Waals surface area contributed by atoms with Crippen LogP contribution in [0, 0.1) is 11.8 Å². The lowest BCUT2D eigenvalue weighted by Crippen LogP contribution is -2.39. The molecule has 1 amide bonds. The summed E-state index contributed by atoms with van der Waals surface area (Å²) in [7, 11) is 0. The van der Waals surface area contributed by atoms with E-state index in [0.29, 0.717) is 49.9 Å². The second-order valence-corrected chi connectivity index (χ2v) is 7.66. The third kappa shape index (κ3) is 4.91. The first-order valence-corrected chi connectivity index (χ1v) is 9.73. The number of aromatic nitrogens is 2. The van der Waals surface area contributed by atoms with Crippen molar-refractivity contribution >= 4 is 11.9 Å². The minimum Gasteiger partial charge on any atom is -0.489 e. The molecule has 2 heterocycles. The van der Waals surface area contributed by atoms with E-state index in [1.54, 1.807) is 15.8 Å². The van der Waals surface area contributed by atoms with Crippen molar-refractivity contribution in [1.29, 1.82) is 0 Å². The number of hydrogen-bond donors (Lipinski definition) is 1. The van der Waals surface area contributed by atoms with Gasteiger partial charge in [-0.05, 0) is 36.8 Å². The van der Waals surface area contributed by atoms with Gasteiger partial charge in [0.2, 0.25) is 0 Å². The fraction of sp³-hybridized carbons (Fsp3) is 0.476. The number of aliphatic carboxylic acids is 1. The molecule has 1 aliphatic rings. The first-order valence-electron chi connectivity index (χ1n) is 9.73. The molecular formula is C21H27N3O4. The summed E-state index contributed by atoms with van der Waals surface area (Å²) in [4.78, 5) is 25.7. The summed E-state index contributed by atoms with van der Waals surface area (Å²) in [5.41, 5.74) is 1.16. The molecule has 3 rings (SSSR count). The average molecular weight is 385 g/mol. The maximum absolute atomic E-state index is 13.1. The third-order valence-corrected chi connectivity index (χ3v) is 4.84. The highest BCUT2D eigenvalue weighted by molar-refractivity contribution is 5.95. The number of hydrogen-bond acceptors (Lipinski definition) is 4. The number of ether oxygens (including phenoxy) is 1. The van der Waals surface area contributed by atoms with Crippen molar-refractivity contribution in [1.82, 2.24) is 14.7 Å². The quantitative estimate of drug-likeness (QED) is 0.791. The Morgan fingerprint density at radius 3 is 2.50 bits per heavy atom. The van der Waals surface area contributed by atoms with Gasteiger partial charge in [-0.2, -0.15) is 5.10 Å². The molecule has 1 fully saturated rings. The van der Waals surface area contributed by atoms with E-state index < -0.39 is 5.97 Å². The lowest BCUT2D eigenvalue weighted by atomic mass is 9.93. The monoisotopic (exact) mass is 385 g/mol. The van der Waals surface area contributed by atoms with Crippen LogP contribution < -0.4 is 4.74 Å². The molecule has 1 saturated heterocycles. The van der Waals surface area contributed by atoms with Crippen molar-refractivity contribution in [2.45, 2.75) is 33.1 Å². The molecule has 0 spiro atoms. The van der Waals surface area contributed by atoms with Gasteiger partial charge in [0.15, 0.2) is 11.4 Å². The normalized spacial score (nSPS) is 15.0. The number of likely N-dealkylation sites (tertiary alicyclic amines) is 1. The number of carbonyl (C=O) groups excluding carboxylic acids is 1. The predicted octanol–water partition coefficient (Wildman–Crippen LogP) is 3.23. The topological polar surface area (TPSA) is 84.7 Å². The molecule has 0 bridgehead atoms. The van der Waals surface area contributed by atoms with E-state index in [1.165, 1.54) is 0 Å². The molecule has 7 nitrogen and oxygen atoms in total. The molecule has 150 valence electrons. The molecule has 1 aromatic carbocycles. The van der Waals surface area contributed by atoms with Crippen LogP contribution in [0.4, 0.5) is 0 Å². The third-order valence-electron chi connectivity index (χ3n) is 4.84. The van der Waals surface area contributed by atoms with Gasteiger partial charge in [-0.1, -0.05) is 32.0 Å². The van der Waals surface area contributed by atoms with Crippen molar-refractivity contribution in [3.63, 3.8) is 0 Å². The summed E-state index contributed by atoms with van der Waals surface area (Å²) in [6.07, 6.45) is 3.30. The van der Waals surface area contributed by atoms with Crippen LogP contribution in [0.2, 0.25) is 0 Å². The average Bonchev–Trinajstić information content (AvgIpc) is 3.11. The Labute approximate surface area is 164 Å². The highest BCUT2D eigenvalue weighted by atomic mass is 16.5. The molecule has 28 heavy (non-hydrogen) atoms. The first kappa shape index (κ1) is 19.9. The summed E-state index contributed by atoms with van der Waals surface area (Å²) < 4.78 is 7.54. The molecular weight excluding hydrogens is 358 g/mol. The van der Waals surface area contributed by atoms with E-state index >= 15 is 0 Å². The molecule has 0 aliphatic carbocycles. The fourth-order valence-corrected chi connectivity index (χ4v) is 3.32. The molecule has 2 aromatic rings. The standard InChI is InChI=1S/C21H27N3O4/c1-15(2)14-28-18-13-24(17-6-4-3-5-7-17)22-20(18)21(27)23-10-8-16(9-11-23)12-19(25)26/h3-7,13,15-16H,8-12,14H2,1-2H3,(H,25,26). The van der Waals surface area contributed by atoms with E-state index in [0.717, 1.165) is 5.69 Å². The summed E-state index contributed by atoms with van der Waals surface area (Å²) >= 11 is 0. The summed E-state index contributed by atoms with van der Waals surface area (Å²) in [5, 5.41) is 13.5. The number of carbonyl (C=O) groups is 2. The van der Waals surface area contributed by atoms with Gasteiger partial charge in [0.05, 0.1) is 18.5 Å². The maximum atomic E-state index is 13.1. The van der Waals surface area contributed by atoms with Crippen LogP contribution in [0.25, 0.3) is 5.69 Å². The Morgan fingerprint density at radius 2 is 1.89 bits per heavy atom. The highest BCUT2D eigenvalue weighted by Gasteiger charge is 2.29. The Morgan fingerprint density at radius 1 is 1.21 bits per heavy atom. The van der Waals surface area contributed by atoms with Gasteiger partial charge >= 0.3 is 5.97 Å². The van der Waals surface area contributed by atoms with Crippen LogP contribution in [-0.4, -0.2) is 51.4 Å². The van der Waals surface area contributed by atoms with Gasteiger partial charge in [0.25, 0.3) is 5.91 Å². The number of carboxylic acids is 1. The Balaban J connectivity index is 1.78. The largest absolute Gasteiger partial charge is 0.489 e. The van der Waals surface area contributed by atoms with Crippen LogP contribution in [0.3, 0.4) is 0 Å². The van der Waals surface area contributed by atoms with Crippen molar-refractivity contribution in [3.05, 3.63) is 42.2 Å². The van der Waals surface area contributed by atoms with Gasteiger partial charge in [-0.15, -0.1) is 0 Å². The Hall–Kier alpha value is -2.83. The van der Waals surface area contributed by atoms with Crippen molar-refractivity contribution in [2.24, 2.45) is 11.8 Å². The van der Waals surface area contributed by atoms with E-state index in [9.17, 15) is 9.59 Å². The SMILES string of the molecule is CC(C)COc1cn(-c2ccccc2)nc1C(=O)N1CCC(CC(=O)O)CC1. The van der Waals surface area contributed by atoms with E-state index in [1.807, 2.05) is 30.3 Å². The number of carboxylic acid groups (broad SMARTS) is 1. The number of para-hydroxylation sites is 1. The second kappa shape index (κ2) is 8.91. The molecule has 1 aromatic heterocycles. The van der Waals surface area contributed by atoms with E-state index in [-0.39, 0.29) is 18.2 Å². The smallest absolute Gasteiger partial charge is 0.303 e. The molecule has 0 saturated carbocycles. The summed E-state index contributed by atoms with van der Waals surface area (Å²) in [6.45, 7) is 5.69. The van der Waals surface area contributed by atoms with Crippen molar-refractivity contribution in [3.8, 4) is 11.4 Å². The zero-order chi connectivity index (χ0) is 20.1. The maximum Gasteiger partial charge on any atom is 0.303 e. The summed E-state index contributed by atoms with van der Waals surface area (Å²) in [5.74, 6) is -0.0111. The van der Waals surface area contributed by atoms with Crippen LogP contribution in [0.15, 0.2) is 36.5 Å². The molecule has 1 N–H and O–H groups in total. The van der Waals surface area contributed by atoms with E-state index in [4.69, 9.17) is 9.84 Å². The Kier molecular flexibility index (Phi) is 6.34. The summed E-state index contributed by atoms with van der Waals surface area (Å²) in [6, 6.07) is 9.60. The van der Waals surface area contributed by atoms with Gasteiger partial charge in [-0.25, -0.2) is 4.68 Å². The van der Waals surface area contributed by atoms with Crippen LogP contribution >= 0.6 is 0 Å². The van der Waals surface area contributed by atoms with Gasteiger partial charge in [0, 0.05) is 19.5 Å². The number of rotatable bonds is 7. The highest BCUT2D eigenvalue weighted by Crippen LogP contribution is 2.26. The number of nitrogens with zero attached hydrogens (tertiary/aromatic N) is 3. The molecule has 0 radical (unpaired) electrons. The van der Waals surface area contributed by atoms with Crippen LogP contribution in [0.1, 0.15) is 43.6 Å². The van der Waals surface area contributed by atoms with Gasteiger partial charge in [0.1, 0.15) is 0 Å². The second-order valence-electron chi connectivity index (χ2n) is 7.66. The van der Waals surface area contributed by atoms with Crippen molar-refractivity contribution < 1.29 is 19.4 Å². The predicted molar refractivity (Wildman–Crippen MR) is 105 cm³/mol. The Bertz CT molecular complexity index is 808. The number of benzene rings is 1. The molecule has 0 unspecified atom stereocenters. The lowest BCUT2D eigenvalue weighted by molar-refractivity contribution is -0.138. The zero-order valence-electron chi connectivity index (χ0n) is 16.4. The first-order chi connectivity index (χ1) is 13.4. The van der Waals surface area contributed by atoms with Gasteiger partial charge < -0.3 is 14.7 Å². The van der Waals surface area contributed by atoms with Crippen LogP contribution in [-0.2, 0) is 4.79 Å². The molecule has 7 heteroatoms. The number of piperidine rings is 1. The minimum atomic E-state index is -0.782. The minimum absolute atomic E-state index is 0.125. The van der Waals surface area contributed by atoms with Gasteiger partial charge in [-0.3, -0.25) is 9.59 Å². The molecule has 0 atom stereocenters. The van der Waals surface area contributed by atoms with E-state index in [2.05, 4.69) is 18.9 Å². The fourth-order valence-electron chi connectivity index (χ4n) is 3.32.